The van der Waals surface area contributed by atoms with Gasteiger partial charge in [0.15, 0.2) is 0 Å². The number of carbonyl (C=O) groups excluding carboxylic acids is 2. The summed E-state index contributed by atoms with van der Waals surface area (Å²) in [4.78, 5) is 29.4. The number of rotatable bonds is 5. The van der Waals surface area contributed by atoms with Crippen molar-refractivity contribution in [3.8, 4) is 5.75 Å². The molecular weight excluding hydrogens is 356 g/mol. The fraction of sp³-hybridized carbons (Fsp3) is 0.476. The molecule has 0 bridgehead atoms. The first-order chi connectivity index (χ1) is 13.6. The molecule has 2 aromatic rings. The van der Waals surface area contributed by atoms with Crippen molar-refractivity contribution in [1.29, 1.82) is 0 Å². The molecule has 0 radical (unpaired) electrons. The third-order valence-corrected chi connectivity index (χ3v) is 6.01. The lowest BCUT2D eigenvalue weighted by atomic mass is 9.71. The number of aromatic nitrogens is 2. The van der Waals surface area contributed by atoms with Crippen molar-refractivity contribution in [2.45, 2.75) is 32.9 Å². The predicted octanol–water partition coefficient (Wildman–Crippen LogP) is 2.18. The Kier molecular flexibility index (Phi) is 4.83. The molecule has 1 aromatic carbocycles. The second-order valence-electron chi connectivity index (χ2n) is 7.61. The van der Waals surface area contributed by atoms with Gasteiger partial charge in [-0.15, -0.1) is 0 Å². The van der Waals surface area contributed by atoms with Gasteiger partial charge in [0.05, 0.1) is 12.5 Å². The van der Waals surface area contributed by atoms with Crippen molar-refractivity contribution < 1.29 is 14.3 Å². The van der Waals surface area contributed by atoms with Crippen LogP contribution < -0.4 is 4.74 Å². The molecule has 2 amide bonds. The average molecular weight is 382 g/mol. The largest absolute Gasteiger partial charge is 0.497 e. The SMILES string of the molecule is CCn1nccc1C(=O)N1CCC2(CC1)CN(Cc1ccc(OC)cc1)C2=O. The van der Waals surface area contributed by atoms with Gasteiger partial charge in [0.1, 0.15) is 11.4 Å². The monoisotopic (exact) mass is 382 g/mol. The number of carbonyl (C=O) groups is 2. The molecule has 28 heavy (non-hydrogen) atoms. The van der Waals surface area contributed by atoms with Crippen molar-refractivity contribution in [2.75, 3.05) is 26.7 Å². The fourth-order valence-electron chi connectivity index (χ4n) is 4.27. The maximum Gasteiger partial charge on any atom is 0.272 e. The third-order valence-electron chi connectivity index (χ3n) is 6.01. The van der Waals surface area contributed by atoms with Crippen LogP contribution in [0.1, 0.15) is 35.8 Å². The minimum atomic E-state index is -0.283. The van der Waals surface area contributed by atoms with Crippen molar-refractivity contribution in [3.05, 3.63) is 47.8 Å². The van der Waals surface area contributed by atoms with E-state index >= 15 is 0 Å². The highest BCUT2D eigenvalue weighted by Gasteiger charge is 2.53. The molecule has 148 valence electrons. The first-order valence-electron chi connectivity index (χ1n) is 9.80. The normalized spacial score (nSPS) is 18.3. The van der Waals surface area contributed by atoms with Crippen LogP contribution in [0.15, 0.2) is 36.5 Å². The summed E-state index contributed by atoms with van der Waals surface area (Å²) in [5, 5.41) is 4.18. The highest BCUT2D eigenvalue weighted by Crippen LogP contribution is 2.42. The lowest BCUT2D eigenvalue weighted by Crippen LogP contribution is -2.64. The van der Waals surface area contributed by atoms with E-state index in [2.05, 4.69) is 5.10 Å². The number of nitrogens with zero attached hydrogens (tertiary/aromatic N) is 4. The molecule has 0 unspecified atom stereocenters. The van der Waals surface area contributed by atoms with Crippen molar-refractivity contribution in [2.24, 2.45) is 5.41 Å². The molecule has 0 aliphatic carbocycles. The molecule has 1 aromatic heterocycles. The van der Waals surface area contributed by atoms with Gasteiger partial charge in [0, 0.05) is 38.9 Å². The number of methoxy groups -OCH3 is 1. The topological polar surface area (TPSA) is 67.7 Å². The molecule has 4 rings (SSSR count). The number of likely N-dealkylation sites (tertiary alicyclic amines) is 2. The van der Waals surface area contributed by atoms with Crippen LogP contribution >= 0.6 is 0 Å². The number of aryl methyl sites for hydroxylation is 1. The highest BCUT2D eigenvalue weighted by atomic mass is 16.5. The molecule has 0 saturated carbocycles. The van der Waals surface area contributed by atoms with E-state index in [0.717, 1.165) is 30.7 Å². The van der Waals surface area contributed by atoms with Crippen LogP contribution in [0.2, 0.25) is 0 Å². The minimum Gasteiger partial charge on any atom is -0.497 e. The Morgan fingerprint density at radius 1 is 1.18 bits per heavy atom. The number of piperidine rings is 1. The lowest BCUT2D eigenvalue weighted by molar-refractivity contribution is -0.165. The zero-order valence-corrected chi connectivity index (χ0v) is 16.4. The summed E-state index contributed by atoms with van der Waals surface area (Å²) < 4.78 is 6.90. The second-order valence-corrected chi connectivity index (χ2v) is 7.61. The molecular formula is C21H26N4O3. The molecule has 2 saturated heterocycles. The smallest absolute Gasteiger partial charge is 0.272 e. The Bertz CT molecular complexity index is 866. The Balaban J connectivity index is 1.33. The molecule has 3 heterocycles. The Morgan fingerprint density at radius 3 is 2.50 bits per heavy atom. The Labute approximate surface area is 164 Å². The van der Waals surface area contributed by atoms with Crippen LogP contribution in [0.4, 0.5) is 0 Å². The summed E-state index contributed by atoms with van der Waals surface area (Å²) >= 11 is 0. The molecule has 2 aliphatic heterocycles. The van der Waals surface area contributed by atoms with Gasteiger partial charge < -0.3 is 14.5 Å². The van der Waals surface area contributed by atoms with Crippen LogP contribution in [-0.4, -0.2) is 58.1 Å². The number of hydrogen-bond acceptors (Lipinski definition) is 4. The summed E-state index contributed by atoms with van der Waals surface area (Å²) in [6, 6.07) is 9.59. The summed E-state index contributed by atoms with van der Waals surface area (Å²) in [5.74, 6) is 1.04. The molecule has 7 heteroatoms. The van der Waals surface area contributed by atoms with E-state index in [-0.39, 0.29) is 17.2 Å². The van der Waals surface area contributed by atoms with Crippen LogP contribution in [0.25, 0.3) is 0 Å². The number of ether oxygens (including phenoxy) is 1. The van der Waals surface area contributed by atoms with Crippen molar-refractivity contribution in [1.82, 2.24) is 19.6 Å². The van der Waals surface area contributed by atoms with E-state index in [1.165, 1.54) is 0 Å². The minimum absolute atomic E-state index is 0.0102. The first-order valence-corrected chi connectivity index (χ1v) is 9.80. The average Bonchev–Trinajstić information content (AvgIpc) is 3.22. The quantitative estimate of drug-likeness (QED) is 0.744. The fourth-order valence-corrected chi connectivity index (χ4v) is 4.27. The van der Waals surface area contributed by atoms with E-state index in [1.54, 1.807) is 24.1 Å². The summed E-state index contributed by atoms with van der Waals surface area (Å²) in [6.45, 7) is 5.28. The lowest BCUT2D eigenvalue weighted by Gasteiger charge is -2.52. The van der Waals surface area contributed by atoms with Gasteiger partial charge in [0.2, 0.25) is 5.91 Å². The predicted molar refractivity (Wildman–Crippen MR) is 104 cm³/mol. The molecule has 2 fully saturated rings. The van der Waals surface area contributed by atoms with Gasteiger partial charge in [-0.05, 0) is 43.5 Å². The van der Waals surface area contributed by atoms with Gasteiger partial charge in [-0.3, -0.25) is 14.3 Å². The Morgan fingerprint density at radius 2 is 1.89 bits per heavy atom. The van der Waals surface area contributed by atoms with E-state index in [9.17, 15) is 9.59 Å². The number of benzene rings is 1. The number of amides is 2. The molecule has 0 atom stereocenters. The van der Waals surface area contributed by atoms with Gasteiger partial charge in [-0.2, -0.15) is 5.10 Å². The third kappa shape index (κ3) is 3.15. The van der Waals surface area contributed by atoms with E-state index < -0.39 is 0 Å². The van der Waals surface area contributed by atoms with Gasteiger partial charge in [-0.1, -0.05) is 12.1 Å². The molecule has 2 aliphatic rings. The van der Waals surface area contributed by atoms with Crippen LogP contribution in [-0.2, 0) is 17.9 Å². The molecule has 1 spiro atoms. The van der Waals surface area contributed by atoms with E-state index in [0.29, 0.717) is 31.9 Å². The summed E-state index contributed by atoms with van der Waals surface area (Å²) in [6.07, 6.45) is 3.13. The first kappa shape index (κ1) is 18.5. The van der Waals surface area contributed by atoms with Crippen molar-refractivity contribution in [3.63, 3.8) is 0 Å². The summed E-state index contributed by atoms with van der Waals surface area (Å²) in [5.41, 5.74) is 1.44. The van der Waals surface area contributed by atoms with Gasteiger partial charge in [-0.25, -0.2) is 0 Å². The van der Waals surface area contributed by atoms with Crippen LogP contribution in [0.5, 0.6) is 5.75 Å². The zero-order valence-electron chi connectivity index (χ0n) is 16.4. The maximum atomic E-state index is 12.9. The molecule has 7 nitrogen and oxygen atoms in total. The number of β-lactam (4-membered cyclic amide) rings is 1. The van der Waals surface area contributed by atoms with Gasteiger partial charge in [0.25, 0.3) is 5.91 Å². The second kappa shape index (κ2) is 7.30. The van der Waals surface area contributed by atoms with Gasteiger partial charge >= 0.3 is 0 Å². The zero-order chi connectivity index (χ0) is 19.7. The highest BCUT2D eigenvalue weighted by molar-refractivity contribution is 5.93. The van der Waals surface area contributed by atoms with Crippen LogP contribution in [0, 0.1) is 5.41 Å². The number of hydrogen-bond donors (Lipinski definition) is 0. The molecule has 0 N–H and O–H groups in total. The van der Waals surface area contributed by atoms with E-state index in [1.807, 2.05) is 41.0 Å². The Hall–Kier alpha value is -2.83. The van der Waals surface area contributed by atoms with E-state index in [4.69, 9.17) is 4.74 Å². The van der Waals surface area contributed by atoms with Crippen molar-refractivity contribution >= 4 is 11.8 Å². The maximum absolute atomic E-state index is 12.9. The summed E-state index contributed by atoms with van der Waals surface area (Å²) in [7, 11) is 1.64. The van der Waals surface area contributed by atoms with Crippen LogP contribution in [0.3, 0.4) is 0 Å². The standard InChI is InChI=1S/C21H26N4O3/c1-3-25-18(8-11-22-25)19(26)23-12-9-21(10-13-23)15-24(20(21)27)14-16-4-6-17(28-2)7-5-16/h4-8,11H,3,9-10,12-15H2,1-2H3.